The van der Waals surface area contributed by atoms with Crippen molar-refractivity contribution in [2.45, 2.75) is 50.0 Å². The summed E-state index contributed by atoms with van der Waals surface area (Å²) in [5, 5.41) is 14.5. The van der Waals surface area contributed by atoms with Crippen molar-refractivity contribution in [2.75, 3.05) is 26.4 Å². The number of benzene rings is 2. The van der Waals surface area contributed by atoms with E-state index in [0.717, 1.165) is 22.3 Å². The molecular formula is C27H32N2O6. The number of hydrogen-bond acceptors (Lipinski definition) is 5. The molecule has 2 aromatic carbocycles. The third-order valence-electron chi connectivity index (χ3n) is 6.82. The molecular weight excluding hydrogens is 448 g/mol. The van der Waals surface area contributed by atoms with Crippen LogP contribution in [0.5, 0.6) is 0 Å². The average molecular weight is 481 g/mol. The van der Waals surface area contributed by atoms with Crippen molar-refractivity contribution < 1.29 is 29.0 Å². The third-order valence-corrected chi connectivity index (χ3v) is 6.82. The zero-order valence-corrected chi connectivity index (χ0v) is 19.8. The Morgan fingerprint density at radius 2 is 1.57 bits per heavy atom. The lowest BCUT2D eigenvalue weighted by Crippen LogP contribution is -2.61. The maximum Gasteiger partial charge on any atom is 0.408 e. The Kier molecular flexibility index (Phi) is 8.02. The zero-order valence-electron chi connectivity index (χ0n) is 19.8. The lowest BCUT2D eigenvalue weighted by molar-refractivity contribution is -0.137. The van der Waals surface area contributed by atoms with Gasteiger partial charge in [0, 0.05) is 44.9 Å². The lowest BCUT2D eigenvalue weighted by atomic mass is 9.89. The highest BCUT2D eigenvalue weighted by Gasteiger charge is 2.42. The topological polar surface area (TPSA) is 114 Å². The third kappa shape index (κ3) is 5.82. The summed E-state index contributed by atoms with van der Waals surface area (Å²) in [6.07, 6.45) is 2.19. The van der Waals surface area contributed by atoms with Gasteiger partial charge in [0.2, 0.25) is 5.91 Å². The molecule has 0 atom stereocenters. The Hall–Kier alpha value is -3.39. The molecule has 3 N–H and O–H groups in total. The van der Waals surface area contributed by atoms with Crippen LogP contribution in [0.3, 0.4) is 0 Å². The number of hydrogen-bond donors (Lipinski definition) is 3. The second kappa shape index (κ2) is 11.4. The summed E-state index contributed by atoms with van der Waals surface area (Å²) < 4.78 is 11.1. The molecule has 1 fully saturated rings. The molecule has 1 aliphatic carbocycles. The molecule has 0 aromatic heterocycles. The summed E-state index contributed by atoms with van der Waals surface area (Å²) in [5.74, 6) is -1.13. The van der Waals surface area contributed by atoms with Crippen molar-refractivity contribution in [3.8, 4) is 11.1 Å². The molecule has 1 heterocycles. The van der Waals surface area contributed by atoms with Crippen molar-refractivity contribution in [2.24, 2.45) is 0 Å². The molecule has 0 saturated carbocycles. The molecule has 8 nitrogen and oxygen atoms in total. The number of aliphatic carboxylic acids is 1. The minimum Gasteiger partial charge on any atom is -0.481 e. The lowest BCUT2D eigenvalue weighted by Gasteiger charge is -2.36. The Labute approximate surface area is 205 Å². The predicted octanol–water partition coefficient (Wildman–Crippen LogP) is 3.84. The summed E-state index contributed by atoms with van der Waals surface area (Å²) in [5.41, 5.74) is 3.48. The fourth-order valence-corrected chi connectivity index (χ4v) is 4.91. The summed E-state index contributed by atoms with van der Waals surface area (Å²) in [7, 11) is 0. The molecule has 2 aromatic rings. The zero-order chi connectivity index (χ0) is 24.7. The van der Waals surface area contributed by atoms with Crippen LogP contribution < -0.4 is 10.6 Å². The standard InChI is InChI=1S/C27H32N2O6/c30-24(31)12-2-1-7-15-28-25(32)27(13-16-34-17-14-27)29-26(33)35-18-23-21-10-5-3-8-19(21)20-9-4-6-11-22(20)23/h3-6,8-11,23H,1-2,7,12-18H2,(H,28,32)(H,29,33)(H,30,31). The van der Waals surface area contributed by atoms with Crippen molar-refractivity contribution in [1.82, 2.24) is 10.6 Å². The van der Waals surface area contributed by atoms with Gasteiger partial charge in [0.15, 0.2) is 0 Å². The van der Waals surface area contributed by atoms with Gasteiger partial charge in [-0.1, -0.05) is 55.0 Å². The second-order valence-electron chi connectivity index (χ2n) is 9.11. The van der Waals surface area contributed by atoms with Gasteiger partial charge >= 0.3 is 12.1 Å². The van der Waals surface area contributed by atoms with E-state index >= 15 is 0 Å². The summed E-state index contributed by atoms with van der Waals surface area (Å²) in [6, 6.07) is 16.3. The highest BCUT2D eigenvalue weighted by atomic mass is 16.5. The maximum absolute atomic E-state index is 13.1. The number of carbonyl (C=O) groups excluding carboxylic acids is 2. The van der Waals surface area contributed by atoms with Crippen LogP contribution in [-0.4, -0.2) is 55.0 Å². The molecule has 0 spiro atoms. The van der Waals surface area contributed by atoms with E-state index in [9.17, 15) is 14.4 Å². The Balaban J connectivity index is 1.34. The number of ether oxygens (including phenoxy) is 2. The molecule has 4 rings (SSSR count). The van der Waals surface area contributed by atoms with Crippen LogP contribution in [-0.2, 0) is 19.1 Å². The highest BCUT2D eigenvalue weighted by Crippen LogP contribution is 2.44. The number of alkyl carbamates (subject to hydrolysis) is 1. The van der Waals surface area contributed by atoms with Gasteiger partial charge in [-0.15, -0.1) is 0 Å². The van der Waals surface area contributed by atoms with E-state index < -0.39 is 17.6 Å². The molecule has 1 saturated heterocycles. The molecule has 2 aliphatic rings. The van der Waals surface area contributed by atoms with Gasteiger partial charge in [-0.25, -0.2) is 4.79 Å². The number of fused-ring (bicyclic) bond motifs is 3. The van der Waals surface area contributed by atoms with Crippen LogP contribution in [0.25, 0.3) is 11.1 Å². The molecule has 35 heavy (non-hydrogen) atoms. The molecule has 8 heteroatoms. The summed E-state index contributed by atoms with van der Waals surface area (Å²) in [4.78, 5) is 36.5. The van der Waals surface area contributed by atoms with E-state index in [2.05, 4.69) is 34.9 Å². The van der Waals surface area contributed by atoms with Gasteiger partial charge in [-0.3, -0.25) is 9.59 Å². The first-order valence-electron chi connectivity index (χ1n) is 12.2. The fourth-order valence-electron chi connectivity index (χ4n) is 4.91. The number of unbranched alkanes of at least 4 members (excludes halogenated alkanes) is 2. The van der Waals surface area contributed by atoms with Crippen LogP contribution in [0.2, 0.25) is 0 Å². The molecule has 0 radical (unpaired) electrons. The van der Waals surface area contributed by atoms with Crippen molar-refractivity contribution >= 4 is 18.0 Å². The van der Waals surface area contributed by atoms with Crippen molar-refractivity contribution in [3.63, 3.8) is 0 Å². The van der Waals surface area contributed by atoms with Crippen LogP contribution in [0, 0.1) is 0 Å². The van der Waals surface area contributed by atoms with Crippen LogP contribution in [0.1, 0.15) is 55.6 Å². The van der Waals surface area contributed by atoms with Gasteiger partial charge in [0.05, 0.1) is 0 Å². The normalized spacial score (nSPS) is 16.1. The predicted molar refractivity (Wildman–Crippen MR) is 130 cm³/mol. The van der Waals surface area contributed by atoms with E-state index in [1.54, 1.807) is 0 Å². The fraction of sp³-hybridized carbons (Fsp3) is 0.444. The first-order valence-corrected chi connectivity index (χ1v) is 12.2. The molecule has 0 unspecified atom stereocenters. The second-order valence-corrected chi connectivity index (χ2v) is 9.11. The highest BCUT2D eigenvalue weighted by molar-refractivity contribution is 5.90. The van der Waals surface area contributed by atoms with Crippen LogP contribution in [0.15, 0.2) is 48.5 Å². The number of rotatable bonds is 10. The molecule has 0 bridgehead atoms. The molecule has 186 valence electrons. The SMILES string of the molecule is O=C(O)CCCCCNC(=O)C1(NC(=O)OCC2c3ccccc3-c3ccccc32)CCOCC1. The van der Waals surface area contributed by atoms with Crippen LogP contribution in [0.4, 0.5) is 4.79 Å². The van der Waals surface area contributed by atoms with Gasteiger partial charge in [-0.2, -0.15) is 0 Å². The monoisotopic (exact) mass is 480 g/mol. The van der Waals surface area contributed by atoms with Gasteiger partial charge < -0.3 is 25.2 Å². The van der Waals surface area contributed by atoms with Gasteiger partial charge in [0.25, 0.3) is 0 Å². The minimum absolute atomic E-state index is 0.0570. The van der Waals surface area contributed by atoms with E-state index in [1.165, 1.54) is 0 Å². The first kappa shape index (κ1) is 24.7. The largest absolute Gasteiger partial charge is 0.481 e. The van der Waals surface area contributed by atoms with E-state index in [1.807, 2.05) is 24.3 Å². The number of nitrogens with one attached hydrogen (secondary N) is 2. The number of amides is 2. The Morgan fingerprint density at radius 3 is 2.20 bits per heavy atom. The Bertz CT molecular complexity index is 1020. The van der Waals surface area contributed by atoms with Gasteiger partial charge in [0.1, 0.15) is 12.1 Å². The minimum atomic E-state index is -1.08. The number of carbonyl (C=O) groups is 3. The summed E-state index contributed by atoms with van der Waals surface area (Å²) >= 11 is 0. The molecule has 2 amide bonds. The van der Waals surface area contributed by atoms with Gasteiger partial charge in [-0.05, 0) is 35.1 Å². The maximum atomic E-state index is 13.1. The number of carboxylic acids is 1. The summed E-state index contributed by atoms with van der Waals surface area (Å²) in [6.45, 7) is 1.34. The van der Waals surface area contributed by atoms with Crippen molar-refractivity contribution in [1.29, 1.82) is 0 Å². The number of carboxylic acid groups (broad SMARTS) is 1. The average Bonchev–Trinajstić information content (AvgIpc) is 3.19. The molecule has 1 aliphatic heterocycles. The van der Waals surface area contributed by atoms with Crippen molar-refractivity contribution in [3.05, 3.63) is 59.7 Å². The van der Waals surface area contributed by atoms with Crippen LogP contribution >= 0.6 is 0 Å². The Morgan fingerprint density at radius 1 is 0.943 bits per heavy atom. The first-order chi connectivity index (χ1) is 17.0. The van der Waals surface area contributed by atoms with E-state index in [0.29, 0.717) is 51.9 Å². The van der Waals surface area contributed by atoms with E-state index in [-0.39, 0.29) is 24.9 Å². The smallest absolute Gasteiger partial charge is 0.408 e. The quantitative estimate of drug-likeness (QED) is 0.445. The van der Waals surface area contributed by atoms with E-state index in [4.69, 9.17) is 14.6 Å².